The molecule has 2 rings (SSSR count). The molecular formula is C14H16ClN3O. The Kier molecular flexibility index (Phi) is 4.58. The monoisotopic (exact) mass is 277 g/mol. The SMILES string of the molecule is CCCCNC(=O)/C=C/c1c(Cl)nc2ccccn12. The quantitative estimate of drug-likeness (QED) is 0.675. The molecule has 100 valence electrons. The molecule has 0 aliphatic carbocycles. The highest BCUT2D eigenvalue weighted by Crippen LogP contribution is 2.18. The van der Waals surface area contributed by atoms with E-state index in [1.807, 2.05) is 28.8 Å². The molecule has 0 fully saturated rings. The number of carbonyl (C=O) groups is 1. The van der Waals surface area contributed by atoms with Crippen molar-refractivity contribution in [2.24, 2.45) is 0 Å². The van der Waals surface area contributed by atoms with Crippen LogP contribution < -0.4 is 5.32 Å². The molecule has 0 aliphatic rings. The molecule has 4 nitrogen and oxygen atoms in total. The number of fused-ring (bicyclic) bond motifs is 1. The van der Waals surface area contributed by atoms with Crippen molar-refractivity contribution in [3.05, 3.63) is 41.3 Å². The third kappa shape index (κ3) is 3.35. The molecule has 1 amide bonds. The number of rotatable bonds is 5. The van der Waals surface area contributed by atoms with Crippen LogP contribution in [0.3, 0.4) is 0 Å². The van der Waals surface area contributed by atoms with Crippen molar-refractivity contribution < 1.29 is 4.79 Å². The third-order valence-electron chi connectivity index (χ3n) is 2.74. The van der Waals surface area contributed by atoms with Gasteiger partial charge in [0.05, 0.1) is 5.69 Å². The number of hydrogen-bond donors (Lipinski definition) is 1. The maximum absolute atomic E-state index is 11.6. The number of nitrogens with one attached hydrogen (secondary N) is 1. The predicted molar refractivity (Wildman–Crippen MR) is 77.2 cm³/mol. The Balaban J connectivity index is 2.12. The highest BCUT2D eigenvalue weighted by atomic mass is 35.5. The fourth-order valence-electron chi connectivity index (χ4n) is 1.74. The summed E-state index contributed by atoms with van der Waals surface area (Å²) in [5.41, 5.74) is 1.47. The van der Waals surface area contributed by atoms with Gasteiger partial charge in [-0.2, -0.15) is 0 Å². The molecule has 2 heterocycles. The molecule has 2 aromatic heterocycles. The highest BCUT2D eigenvalue weighted by Gasteiger charge is 2.06. The van der Waals surface area contributed by atoms with Crippen LogP contribution in [0.1, 0.15) is 25.5 Å². The molecule has 0 saturated carbocycles. The van der Waals surface area contributed by atoms with Gasteiger partial charge in [0.15, 0.2) is 5.15 Å². The summed E-state index contributed by atoms with van der Waals surface area (Å²) in [6.07, 6.45) is 7.07. The molecule has 0 bridgehead atoms. The Labute approximate surface area is 117 Å². The lowest BCUT2D eigenvalue weighted by Crippen LogP contribution is -2.21. The van der Waals surface area contributed by atoms with E-state index < -0.39 is 0 Å². The molecule has 0 atom stereocenters. The van der Waals surface area contributed by atoms with E-state index in [1.54, 1.807) is 6.08 Å². The van der Waals surface area contributed by atoms with Crippen molar-refractivity contribution >= 4 is 29.2 Å². The van der Waals surface area contributed by atoms with E-state index in [9.17, 15) is 4.79 Å². The van der Waals surface area contributed by atoms with E-state index in [0.717, 1.165) is 18.5 Å². The van der Waals surface area contributed by atoms with Gasteiger partial charge in [0.25, 0.3) is 0 Å². The highest BCUT2D eigenvalue weighted by molar-refractivity contribution is 6.31. The van der Waals surface area contributed by atoms with Crippen molar-refractivity contribution in [3.63, 3.8) is 0 Å². The van der Waals surface area contributed by atoms with Crippen LogP contribution in [0.2, 0.25) is 5.15 Å². The molecule has 0 aromatic carbocycles. The lowest BCUT2D eigenvalue weighted by molar-refractivity contribution is -0.116. The number of pyridine rings is 1. The number of nitrogens with zero attached hydrogens (tertiary/aromatic N) is 2. The molecule has 1 N–H and O–H groups in total. The summed E-state index contributed by atoms with van der Waals surface area (Å²) < 4.78 is 1.85. The van der Waals surface area contributed by atoms with Crippen LogP contribution in [0.25, 0.3) is 11.7 Å². The maximum atomic E-state index is 11.6. The summed E-state index contributed by atoms with van der Waals surface area (Å²) >= 11 is 6.06. The molecule has 0 radical (unpaired) electrons. The van der Waals surface area contributed by atoms with Gasteiger partial charge in [0.2, 0.25) is 5.91 Å². The smallest absolute Gasteiger partial charge is 0.244 e. The van der Waals surface area contributed by atoms with Gasteiger partial charge in [-0.15, -0.1) is 0 Å². The van der Waals surface area contributed by atoms with Gasteiger partial charge in [-0.05, 0) is 24.6 Å². The van der Waals surface area contributed by atoms with E-state index in [1.165, 1.54) is 6.08 Å². The Bertz CT molecular complexity index is 604. The Hall–Kier alpha value is -1.81. The van der Waals surface area contributed by atoms with Gasteiger partial charge in [0, 0.05) is 18.8 Å². The number of amides is 1. The van der Waals surface area contributed by atoms with Crippen LogP contribution in [-0.4, -0.2) is 21.8 Å². The number of unbranched alkanes of at least 4 members (excludes halogenated alkanes) is 1. The standard InChI is InChI=1S/C14H16ClN3O/c1-2-3-9-16-13(19)8-7-11-14(15)17-12-6-4-5-10-18(11)12/h4-8,10H,2-3,9H2,1H3,(H,16,19)/b8-7+. The van der Waals surface area contributed by atoms with Gasteiger partial charge in [-0.1, -0.05) is 31.0 Å². The van der Waals surface area contributed by atoms with Crippen LogP contribution in [0, 0.1) is 0 Å². The molecule has 0 unspecified atom stereocenters. The number of hydrogen-bond acceptors (Lipinski definition) is 2. The fourth-order valence-corrected chi connectivity index (χ4v) is 1.98. The van der Waals surface area contributed by atoms with Crippen molar-refractivity contribution in [1.82, 2.24) is 14.7 Å². The normalized spacial score (nSPS) is 11.3. The first-order valence-electron chi connectivity index (χ1n) is 6.31. The second-order valence-corrected chi connectivity index (χ2v) is 4.55. The minimum atomic E-state index is -0.115. The summed E-state index contributed by atoms with van der Waals surface area (Å²) in [4.78, 5) is 15.8. The number of carbonyl (C=O) groups excluding carboxylic acids is 1. The zero-order chi connectivity index (χ0) is 13.7. The van der Waals surface area contributed by atoms with Crippen LogP contribution in [0.15, 0.2) is 30.5 Å². The van der Waals surface area contributed by atoms with Gasteiger partial charge in [0.1, 0.15) is 5.65 Å². The first-order valence-corrected chi connectivity index (χ1v) is 6.68. The lowest BCUT2D eigenvalue weighted by atomic mass is 10.3. The third-order valence-corrected chi connectivity index (χ3v) is 3.02. The molecule has 5 heteroatoms. The lowest BCUT2D eigenvalue weighted by Gasteiger charge is -1.99. The molecule has 0 saturated heterocycles. The van der Waals surface area contributed by atoms with Gasteiger partial charge in [-0.25, -0.2) is 4.98 Å². The second kappa shape index (κ2) is 6.38. The summed E-state index contributed by atoms with van der Waals surface area (Å²) in [5, 5.41) is 3.21. The van der Waals surface area contributed by atoms with Gasteiger partial charge >= 0.3 is 0 Å². The summed E-state index contributed by atoms with van der Waals surface area (Å²) in [7, 11) is 0. The zero-order valence-corrected chi connectivity index (χ0v) is 11.5. The van der Waals surface area contributed by atoms with Crippen molar-refractivity contribution in [3.8, 4) is 0 Å². The molecule has 0 aliphatic heterocycles. The summed E-state index contributed by atoms with van der Waals surface area (Å²) in [6.45, 7) is 2.78. The minimum absolute atomic E-state index is 0.115. The van der Waals surface area contributed by atoms with Crippen LogP contribution in [0.4, 0.5) is 0 Å². The molecule has 0 spiro atoms. The maximum Gasteiger partial charge on any atom is 0.244 e. The summed E-state index contributed by atoms with van der Waals surface area (Å²) in [5.74, 6) is -0.115. The largest absolute Gasteiger partial charge is 0.353 e. The van der Waals surface area contributed by atoms with Crippen molar-refractivity contribution in [2.75, 3.05) is 6.54 Å². The van der Waals surface area contributed by atoms with E-state index in [0.29, 0.717) is 17.4 Å². The average molecular weight is 278 g/mol. The fraction of sp³-hybridized carbons (Fsp3) is 0.286. The first-order chi connectivity index (χ1) is 9.22. The minimum Gasteiger partial charge on any atom is -0.353 e. The Morgan fingerprint density at radius 2 is 2.37 bits per heavy atom. The van der Waals surface area contributed by atoms with Gasteiger partial charge < -0.3 is 5.32 Å². The van der Waals surface area contributed by atoms with E-state index in [2.05, 4.69) is 17.2 Å². The first kappa shape index (κ1) is 13.6. The number of aromatic nitrogens is 2. The molecule has 2 aromatic rings. The van der Waals surface area contributed by atoms with Crippen LogP contribution >= 0.6 is 11.6 Å². The topological polar surface area (TPSA) is 46.4 Å². The number of imidazole rings is 1. The van der Waals surface area contributed by atoms with E-state index in [4.69, 9.17) is 11.6 Å². The number of halogens is 1. The van der Waals surface area contributed by atoms with E-state index in [-0.39, 0.29) is 5.91 Å². The average Bonchev–Trinajstić information content (AvgIpc) is 2.72. The Morgan fingerprint density at radius 1 is 1.53 bits per heavy atom. The van der Waals surface area contributed by atoms with Crippen molar-refractivity contribution in [1.29, 1.82) is 0 Å². The zero-order valence-electron chi connectivity index (χ0n) is 10.8. The van der Waals surface area contributed by atoms with Crippen molar-refractivity contribution in [2.45, 2.75) is 19.8 Å². The van der Waals surface area contributed by atoms with Crippen LogP contribution in [-0.2, 0) is 4.79 Å². The van der Waals surface area contributed by atoms with Gasteiger partial charge in [-0.3, -0.25) is 9.20 Å². The predicted octanol–water partition coefficient (Wildman–Crippen LogP) is 2.92. The molecular weight excluding hydrogens is 262 g/mol. The second-order valence-electron chi connectivity index (χ2n) is 4.19. The van der Waals surface area contributed by atoms with E-state index >= 15 is 0 Å². The Morgan fingerprint density at radius 3 is 3.16 bits per heavy atom. The van der Waals surface area contributed by atoms with Crippen LogP contribution in [0.5, 0.6) is 0 Å². The molecule has 19 heavy (non-hydrogen) atoms. The summed E-state index contributed by atoms with van der Waals surface area (Å²) in [6, 6.07) is 5.65.